The number of carboxylic acid groups (broad SMARTS) is 1. The average molecular weight is 285 g/mol. The van der Waals surface area contributed by atoms with E-state index in [2.05, 4.69) is 23.5 Å². The molecule has 3 aliphatic heterocycles. The monoisotopic (exact) mass is 285 g/mol. The van der Waals surface area contributed by atoms with E-state index in [1.165, 1.54) is 16.2 Å². The molecule has 21 heavy (non-hydrogen) atoms. The fraction of sp³-hybridized carbons (Fsp3) is 0.500. The van der Waals surface area contributed by atoms with E-state index in [1.54, 1.807) is 0 Å². The van der Waals surface area contributed by atoms with Gasteiger partial charge in [0.15, 0.2) is 0 Å². The molecular weight excluding hydrogens is 266 g/mol. The molecule has 0 aromatic heterocycles. The smallest absolute Gasteiger partial charge is 0.407 e. The zero-order valence-electron chi connectivity index (χ0n) is 11.9. The second-order valence-electron chi connectivity index (χ2n) is 6.33. The molecule has 5 nitrogen and oxygen atoms in total. The lowest BCUT2D eigenvalue weighted by atomic mass is 9.63. The molecule has 1 atom stereocenters. The highest BCUT2D eigenvalue weighted by Gasteiger charge is 2.49. The summed E-state index contributed by atoms with van der Waals surface area (Å²) < 4.78 is 0. The first-order chi connectivity index (χ1) is 10.2. The van der Waals surface area contributed by atoms with Gasteiger partial charge in [-0.3, -0.25) is 4.99 Å². The van der Waals surface area contributed by atoms with Crippen molar-refractivity contribution in [1.82, 2.24) is 10.2 Å². The molecule has 0 bridgehead atoms. The van der Waals surface area contributed by atoms with Crippen LogP contribution in [0.1, 0.15) is 24.3 Å². The van der Waals surface area contributed by atoms with Crippen molar-refractivity contribution in [2.24, 2.45) is 10.4 Å². The number of rotatable bonds is 0. The number of nitrogens with one attached hydrogen (secondary N) is 1. The van der Waals surface area contributed by atoms with Gasteiger partial charge >= 0.3 is 6.09 Å². The summed E-state index contributed by atoms with van der Waals surface area (Å²) in [7, 11) is 0. The fourth-order valence-electron chi connectivity index (χ4n) is 4.21. The lowest BCUT2D eigenvalue weighted by Gasteiger charge is -2.48. The van der Waals surface area contributed by atoms with Gasteiger partial charge in [0.05, 0.1) is 5.69 Å². The van der Waals surface area contributed by atoms with Gasteiger partial charge in [-0.15, -0.1) is 0 Å². The van der Waals surface area contributed by atoms with Crippen LogP contribution in [0.5, 0.6) is 0 Å². The molecule has 0 aliphatic carbocycles. The highest BCUT2D eigenvalue weighted by atomic mass is 16.4. The Bertz CT molecular complexity index is 618. The van der Waals surface area contributed by atoms with Crippen LogP contribution in [0.2, 0.25) is 0 Å². The minimum atomic E-state index is -0.797. The predicted octanol–water partition coefficient (Wildman–Crippen LogP) is 2.22. The molecule has 4 rings (SSSR count). The molecule has 0 saturated carbocycles. The molecule has 2 saturated heterocycles. The number of benzene rings is 1. The Morgan fingerprint density at radius 3 is 2.86 bits per heavy atom. The van der Waals surface area contributed by atoms with Gasteiger partial charge in [-0.05, 0) is 29.9 Å². The Morgan fingerprint density at radius 1 is 1.33 bits per heavy atom. The maximum atomic E-state index is 11.1. The first-order valence-electron chi connectivity index (χ1n) is 7.55. The van der Waals surface area contributed by atoms with Crippen LogP contribution in [0.3, 0.4) is 0 Å². The third-order valence-electron chi connectivity index (χ3n) is 5.27. The van der Waals surface area contributed by atoms with Gasteiger partial charge < -0.3 is 15.3 Å². The Balaban J connectivity index is 1.68. The van der Waals surface area contributed by atoms with Crippen LogP contribution in [0.4, 0.5) is 10.5 Å². The molecule has 1 unspecified atom stereocenters. The number of hydrogen-bond donors (Lipinski definition) is 2. The Morgan fingerprint density at radius 2 is 2.10 bits per heavy atom. The highest BCUT2D eigenvalue weighted by molar-refractivity contribution is 6.00. The van der Waals surface area contributed by atoms with E-state index in [0.717, 1.165) is 31.6 Å². The van der Waals surface area contributed by atoms with E-state index in [1.807, 2.05) is 6.07 Å². The number of carbonyl (C=O) groups is 1. The molecule has 110 valence electrons. The fourth-order valence-corrected chi connectivity index (χ4v) is 4.21. The minimum Gasteiger partial charge on any atom is -0.465 e. The van der Waals surface area contributed by atoms with E-state index in [-0.39, 0.29) is 5.41 Å². The quantitative estimate of drug-likeness (QED) is 0.768. The summed E-state index contributed by atoms with van der Waals surface area (Å²) in [5.74, 6) is 0.367. The van der Waals surface area contributed by atoms with Crippen LogP contribution in [0, 0.1) is 5.41 Å². The summed E-state index contributed by atoms with van der Waals surface area (Å²) in [6.45, 7) is 3.06. The SMILES string of the molecule is O=C(O)N1CCC2(CC1)CNCC1=Nc3ccccc3C12. The number of para-hydroxylation sites is 1. The number of fused-ring (bicyclic) bond motifs is 4. The van der Waals surface area contributed by atoms with Gasteiger partial charge in [-0.1, -0.05) is 18.2 Å². The van der Waals surface area contributed by atoms with Gasteiger partial charge in [-0.25, -0.2) is 4.79 Å². The van der Waals surface area contributed by atoms with Crippen molar-refractivity contribution in [3.8, 4) is 0 Å². The molecule has 0 radical (unpaired) electrons. The van der Waals surface area contributed by atoms with Gasteiger partial charge in [0.2, 0.25) is 0 Å². The first kappa shape index (κ1) is 12.8. The number of hydrogen-bond acceptors (Lipinski definition) is 3. The van der Waals surface area contributed by atoms with Crippen molar-refractivity contribution >= 4 is 17.5 Å². The number of aliphatic imine (C=N–C) groups is 1. The maximum Gasteiger partial charge on any atom is 0.407 e. The molecule has 3 heterocycles. The third kappa shape index (κ3) is 1.87. The summed E-state index contributed by atoms with van der Waals surface area (Å²) >= 11 is 0. The van der Waals surface area contributed by atoms with Gasteiger partial charge in [0.25, 0.3) is 0 Å². The predicted molar refractivity (Wildman–Crippen MR) is 80.4 cm³/mol. The topological polar surface area (TPSA) is 64.9 Å². The zero-order valence-corrected chi connectivity index (χ0v) is 11.9. The van der Waals surface area contributed by atoms with Crippen LogP contribution < -0.4 is 5.32 Å². The van der Waals surface area contributed by atoms with Crippen molar-refractivity contribution in [2.45, 2.75) is 18.8 Å². The average Bonchev–Trinajstić information content (AvgIpc) is 2.88. The molecule has 2 fully saturated rings. The number of nitrogens with zero attached hydrogens (tertiary/aromatic N) is 2. The molecule has 1 spiro atoms. The molecule has 1 aromatic rings. The van der Waals surface area contributed by atoms with Gasteiger partial charge in [0.1, 0.15) is 0 Å². The lowest BCUT2D eigenvalue weighted by molar-refractivity contribution is 0.0802. The molecule has 2 N–H and O–H groups in total. The standard InChI is InChI=1S/C16H19N3O2/c20-15(21)19-7-5-16(6-8-19)10-17-9-13-14(16)11-3-1-2-4-12(11)18-13/h1-4,14,17H,5-10H2,(H,20,21). The molecule has 1 amide bonds. The van der Waals surface area contributed by atoms with Crippen molar-refractivity contribution in [1.29, 1.82) is 0 Å². The van der Waals surface area contributed by atoms with Crippen LogP contribution in [-0.4, -0.2) is 48.0 Å². The molecule has 1 aromatic carbocycles. The summed E-state index contributed by atoms with van der Waals surface area (Å²) in [6.07, 6.45) is 1.02. The summed E-state index contributed by atoms with van der Waals surface area (Å²) in [5, 5.41) is 12.7. The first-order valence-corrected chi connectivity index (χ1v) is 7.55. The molecule has 3 aliphatic rings. The zero-order chi connectivity index (χ0) is 14.4. The number of amides is 1. The van der Waals surface area contributed by atoms with Crippen LogP contribution >= 0.6 is 0 Å². The van der Waals surface area contributed by atoms with Crippen LogP contribution in [-0.2, 0) is 0 Å². The summed E-state index contributed by atoms with van der Waals surface area (Å²) in [4.78, 5) is 17.5. The van der Waals surface area contributed by atoms with Crippen molar-refractivity contribution in [2.75, 3.05) is 26.2 Å². The summed E-state index contributed by atoms with van der Waals surface area (Å²) in [6, 6.07) is 8.39. The van der Waals surface area contributed by atoms with Crippen molar-refractivity contribution < 1.29 is 9.90 Å². The van der Waals surface area contributed by atoms with Crippen molar-refractivity contribution in [3.63, 3.8) is 0 Å². The third-order valence-corrected chi connectivity index (χ3v) is 5.27. The van der Waals surface area contributed by atoms with Gasteiger partial charge in [-0.2, -0.15) is 0 Å². The van der Waals surface area contributed by atoms with Crippen molar-refractivity contribution in [3.05, 3.63) is 29.8 Å². The van der Waals surface area contributed by atoms with E-state index in [9.17, 15) is 4.79 Å². The van der Waals surface area contributed by atoms with E-state index < -0.39 is 6.09 Å². The van der Waals surface area contributed by atoms with Crippen LogP contribution in [0.15, 0.2) is 29.3 Å². The molecular formula is C16H19N3O2. The van der Waals surface area contributed by atoms with E-state index in [4.69, 9.17) is 10.1 Å². The Hall–Kier alpha value is -1.88. The van der Waals surface area contributed by atoms with E-state index in [0.29, 0.717) is 19.0 Å². The Labute approximate surface area is 123 Å². The normalized spacial score (nSPS) is 26.2. The number of piperidine rings is 2. The highest BCUT2D eigenvalue weighted by Crippen LogP contribution is 2.51. The Kier molecular flexibility index (Phi) is 2.79. The second-order valence-corrected chi connectivity index (χ2v) is 6.33. The molecule has 5 heteroatoms. The minimum absolute atomic E-state index is 0.121. The summed E-state index contributed by atoms with van der Waals surface area (Å²) in [5.41, 5.74) is 3.78. The van der Waals surface area contributed by atoms with E-state index >= 15 is 0 Å². The van der Waals surface area contributed by atoms with Crippen LogP contribution in [0.25, 0.3) is 0 Å². The number of likely N-dealkylation sites (tertiary alicyclic amines) is 1. The largest absolute Gasteiger partial charge is 0.465 e. The lowest BCUT2D eigenvalue weighted by Crippen LogP contribution is -2.55. The second kappa shape index (κ2) is 4.56. The maximum absolute atomic E-state index is 11.1. The van der Waals surface area contributed by atoms with Gasteiger partial charge in [0, 0.05) is 37.8 Å².